The summed E-state index contributed by atoms with van der Waals surface area (Å²) >= 11 is 0. The molecule has 2 N–H and O–H groups in total. The zero-order valence-corrected chi connectivity index (χ0v) is 37.8. The van der Waals surface area contributed by atoms with Gasteiger partial charge in [0.05, 0.1) is 36.0 Å². The van der Waals surface area contributed by atoms with E-state index >= 15 is 0 Å². The van der Waals surface area contributed by atoms with Crippen molar-refractivity contribution in [2.75, 3.05) is 54.5 Å². The molecule has 2 aromatic rings. The van der Waals surface area contributed by atoms with E-state index in [1.54, 1.807) is 0 Å². The molecule has 324 valence electrons. The van der Waals surface area contributed by atoms with Crippen molar-refractivity contribution in [1.29, 1.82) is 0 Å². The molecular formula is C50H70N6O4. The Hall–Kier alpha value is -4.80. The highest BCUT2D eigenvalue weighted by molar-refractivity contribution is 5.96. The molecule has 1 unspecified atom stereocenters. The maximum atomic E-state index is 13.1. The second-order valence-electron chi connectivity index (χ2n) is 17.7. The number of hydrogen-bond acceptors (Lipinski definition) is 8. The highest BCUT2D eigenvalue weighted by Gasteiger charge is 2.37. The molecule has 0 aromatic carbocycles. The number of carbonyl (C=O) groups is 2. The molecule has 0 saturated heterocycles. The van der Waals surface area contributed by atoms with E-state index in [-0.39, 0.29) is 36.1 Å². The highest BCUT2D eigenvalue weighted by atomic mass is 16.5. The van der Waals surface area contributed by atoms with Gasteiger partial charge in [0.1, 0.15) is 0 Å². The van der Waals surface area contributed by atoms with E-state index in [0.717, 1.165) is 138 Å². The lowest BCUT2D eigenvalue weighted by Gasteiger charge is -2.25. The number of unbranched alkanes of at least 4 members (excludes halogenated alkanes) is 6. The molecule has 60 heavy (non-hydrogen) atoms. The van der Waals surface area contributed by atoms with Crippen molar-refractivity contribution in [2.45, 2.75) is 116 Å². The van der Waals surface area contributed by atoms with Gasteiger partial charge in [0.25, 0.3) is 0 Å². The topological polar surface area (TPSA) is 116 Å². The third kappa shape index (κ3) is 12.2. The summed E-state index contributed by atoms with van der Waals surface area (Å²) in [7, 11) is 8.35. The number of carbonyl (C=O) groups excluding carboxylic acids is 2. The Labute approximate surface area is 359 Å². The van der Waals surface area contributed by atoms with Gasteiger partial charge in [-0.05, 0) is 146 Å². The molecular weight excluding hydrogens is 749 g/mol. The molecule has 5 heterocycles. The zero-order chi connectivity index (χ0) is 43.4. The van der Waals surface area contributed by atoms with E-state index in [1.165, 1.54) is 0 Å². The molecule has 10 nitrogen and oxygen atoms in total. The number of aryl methyl sites for hydroxylation is 1. The fourth-order valence-electron chi connectivity index (χ4n) is 8.30. The average molecular weight is 819 g/mol. The number of hydrogen-bond donors (Lipinski definition) is 2. The van der Waals surface area contributed by atoms with Crippen molar-refractivity contribution in [2.24, 2.45) is 0 Å². The van der Waals surface area contributed by atoms with Crippen LogP contribution in [0.1, 0.15) is 144 Å². The fourth-order valence-corrected chi connectivity index (χ4v) is 8.30. The van der Waals surface area contributed by atoms with Gasteiger partial charge in [0.2, 0.25) is 0 Å². The third-order valence-corrected chi connectivity index (χ3v) is 12.0. The first kappa shape index (κ1) is 46.3. The van der Waals surface area contributed by atoms with Crippen LogP contribution in [-0.2, 0) is 30.9 Å². The fraction of sp³-hybridized carbons (Fsp3) is 0.520. The molecule has 0 saturated carbocycles. The number of esters is 2. The molecule has 3 aliphatic rings. The monoisotopic (exact) mass is 819 g/mol. The molecule has 10 heteroatoms. The standard InChI is InChI=1S/C50H70N6O4/c1-11-38-34(3)41-31-46-40(12-2)50(5,6)47(54-46)33-42-35(4)39(22-24-49(58)60-28-20-16-14-18-26-56(9)10)45(53-42)32-43-36(29-37(51-43)30-44(38)52-41)21-23-48(57)59-27-19-15-13-17-25-55(7)8/h11-12,29-33,40,51,54H,1-2,13-28H2,3-10H3. The van der Waals surface area contributed by atoms with Gasteiger partial charge in [-0.3, -0.25) is 9.59 Å². The number of nitrogens with zero attached hydrogens (tertiary/aromatic N) is 4. The first-order chi connectivity index (χ1) is 28.7. The molecule has 5 rings (SSSR count). The van der Waals surface area contributed by atoms with Crippen LogP contribution >= 0.6 is 0 Å². The van der Waals surface area contributed by atoms with Gasteiger partial charge in [0.15, 0.2) is 0 Å². The molecule has 8 bridgehead atoms. The van der Waals surface area contributed by atoms with Crippen LogP contribution in [-0.4, -0.2) is 96.2 Å². The second-order valence-corrected chi connectivity index (χ2v) is 17.7. The second kappa shape index (κ2) is 21.6. The molecule has 0 fully saturated rings. The van der Waals surface area contributed by atoms with Crippen molar-refractivity contribution >= 4 is 45.3 Å². The summed E-state index contributed by atoms with van der Waals surface area (Å²) in [5.74, 6) is -0.382. The van der Waals surface area contributed by atoms with Gasteiger partial charge in [0, 0.05) is 52.2 Å². The smallest absolute Gasteiger partial charge is 0.306 e. The lowest BCUT2D eigenvalue weighted by molar-refractivity contribution is -0.144. The predicted molar refractivity (Wildman–Crippen MR) is 247 cm³/mol. The van der Waals surface area contributed by atoms with E-state index in [2.05, 4.69) is 113 Å². The minimum atomic E-state index is -0.300. The normalized spacial score (nSPS) is 15.5. The largest absolute Gasteiger partial charge is 0.466 e. The summed E-state index contributed by atoms with van der Waals surface area (Å²) < 4.78 is 11.4. The van der Waals surface area contributed by atoms with Crippen LogP contribution in [0.4, 0.5) is 0 Å². The Morgan fingerprint density at radius 3 is 1.90 bits per heavy atom. The van der Waals surface area contributed by atoms with Crippen molar-refractivity contribution in [3.05, 3.63) is 95.4 Å². The van der Waals surface area contributed by atoms with Gasteiger partial charge >= 0.3 is 11.9 Å². The van der Waals surface area contributed by atoms with Gasteiger partial charge < -0.3 is 29.2 Å². The predicted octanol–water partition coefficient (Wildman–Crippen LogP) is 10.4. The molecule has 0 spiro atoms. The van der Waals surface area contributed by atoms with Crippen LogP contribution in [0.25, 0.3) is 33.3 Å². The lowest BCUT2D eigenvalue weighted by atomic mass is 9.77. The minimum absolute atomic E-state index is 0.0199. The van der Waals surface area contributed by atoms with Crippen LogP contribution in [0.2, 0.25) is 0 Å². The summed E-state index contributed by atoms with van der Waals surface area (Å²) in [6.45, 7) is 20.0. The Kier molecular flexibility index (Phi) is 16.7. The molecule has 1 atom stereocenters. The Balaban J connectivity index is 1.49. The van der Waals surface area contributed by atoms with Gasteiger partial charge in [-0.2, -0.15) is 0 Å². The summed E-state index contributed by atoms with van der Waals surface area (Å²) in [6, 6.07) is 10.5. The number of allylic oxidation sites excluding steroid dienone is 6. The number of H-pyrrole nitrogens is 2. The van der Waals surface area contributed by atoms with E-state index < -0.39 is 0 Å². The van der Waals surface area contributed by atoms with Gasteiger partial charge in [-0.1, -0.05) is 58.3 Å². The maximum absolute atomic E-state index is 13.1. The molecule has 0 radical (unpaired) electrons. The molecule has 0 aliphatic carbocycles. The third-order valence-electron chi connectivity index (χ3n) is 12.0. The van der Waals surface area contributed by atoms with E-state index in [4.69, 9.17) is 19.4 Å². The van der Waals surface area contributed by atoms with Crippen molar-refractivity contribution in [1.82, 2.24) is 29.7 Å². The zero-order valence-electron chi connectivity index (χ0n) is 37.8. The summed E-state index contributed by atoms with van der Waals surface area (Å²) in [5, 5.41) is 0. The van der Waals surface area contributed by atoms with Crippen LogP contribution < -0.4 is 0 Å². The number of rotatable bonds is 22. The first-order valence-corrected chi connectivity index (χ1v) is 22.0. The number of ether oxygens (including phenoxy) is 2. The Bertz CT molecular complexity index is 2130. The molecule has 0 amide bonds. The van der Waals surface area contributed by atoms with Crippen LogP contribution in [0.15, 0.2) is 55.6 Å². The minimum Gasteiger partial charge on any atom is -0.466 e. The number of nitrogens with one attached hydrogen (secondary N) is 2. The van der Waals surface area contributed by atoms with Crippen LogP contribution in [0.3, 0.4) is 0 Å². The summed E-state index contributed by atoms with van der Waals surface area (Å²) in [5.41, 5.74) is 11.8. The number of fused-ring (bicyclic) bond motifs is 8. The first-order valence-electron chi connectivity index (χ1n) is 22.0. The SMILES string of the molecule is C=CC1=C(C)c2cc3[nH]c(cc4nc(cc5[nH]c(cc1n2)cc5CCC(=O)OCCCCCCN(C)C)C(CCC(=O)OCCCCCCN(C)C)=C4C)C(C)(C)C3C=C. The molecule has 2 aromatic heterocycles. The molecule has 3 aliphatic heterocycles. The van der Waals surface area contributed by atoms with Crippen molar-refractivity contribution in [3.63, 3.8) is 0 Å². The Morgan fingerprint density at radius 2 is 1.30 bits per heavy atom. The lowest BCUT2D eigenvalue weighted by Crippen LogP contribution is -2.20. The van der Waals surface area contributed by atoms with E-state index in [0.29, 0.717) is 26.1 Å². The summed E-state index contributed by atoms with van der Waals surface area (Å²) in [6.07, 6.45) is 13.7. The average Bonchev–Trinajstić information content (AvgIpc) is 3.87. The Morgan fingerprint density at radius 1 is 0.717 bits per heavy atom. The summed E-state index contributed by atoms with van der Waals surface area (Å²) in [4.78, 5) is 48.2. The van der Waals surface area contributed by atoms with Gasteiger partial charge in [-0.25, -0.2) is 9.97 Å². The van der Waals surface area contributed by atoms with Gasteiger partial charge in [-0.15, -0.1) is 6.58 Å². The number of aromatic nitrogens is 4. The van der Waals surface area contributed by atoms with Crippen LogP contribution in [0.5, 0.6) is 0 Å². The number of aromatic amines is 2. The van der Waals surface area contributed by atoms with E-state index in [9.17, 15) is 9.59 Å². The quantitative estimate of drug-likeness (QED) is 0.0685. The van der Waals surface area contributed by atoms with E-state index in [1.807, 2.05) is 18.2 Å². The van der Waals surface area contributed by atoms with Crippen molar-refractivity contribution in [3.8, 4) is 0 Å². The van der Waals surface area contributed by atoms with Crippen LogP contribution in [0, 0.1) is 0 Å². The maximum Gasteiger partial charge on any atom is 0.306 e. The van der Waals surface area contributed by atoms with Crippen molar-refractivity contribution < 1.29 is 19.1 Å². The highest BCUT2D eigenvalue weighted by Crippen LogP contribution is 2.44.